The van der Waals surface area contributed by atoms with Gasteiger partial charge < -0.3 is 10.1 Å². The van der Waals surface area contributed by atoms with Crippen LogP contribution in [0.3, 0.4) is 0 Å². The predicted octanol–water partition coefficient (Wildman–Crippen LogP) is 3.33. The maximum Gasteiger partial charge on any atom is 0.306 e. The quantitative estimate of drug-likeness (QED) is 0.403. The number of rotatable bonds is 7. The number of fused-ring (bicyclic) bond motifs is 1. The molecule has 2 heterocycles. The molecular formula is C27H25N5O4. The Kier molecular flexibility index (Phi) is 6.97. The zero-order chi connectivity index (χ0) is 25.8. The lowest BCUT2D eigenvalue weighted by molar-refractivity contribution is -0.147. The lowest BCUT2D eigenvalue weighted by Gasteiger charge is -2.13. The maximum atomic E-state index is 12.6. The zero-order valence-electron chi connectivity index (χ0n) is 20.2. The molecule has 36 heavy (non-hydrogen) atoms. The lowest BCUT2D eigenvalue weighted by Crippen LogP contribution is -2.24. The highest BCUT2D eigenvalue weighted by molar-refractivity contribution is 5.94. The van der Waals surface area contributed by atoms with E-state index >= 15 is 0 Å². The van der Waals surface area contributed by atoms with Crippen LogP contribution in [0.25, 0.3) is 16.6 Å². The van der Waals surface area contributed by atoms with Crippen molar-refractivity contribution in [3.63, 3.8) is 0 Å². The molecule has 0 saturated carbocycles. The van der Waals surface area contributed by atoms with Gasteiger partial charge in [0.25, 0.3) is 11.5 Å². The second-order valence-corrected chi connectivity index (χ2v) is 8.33. The van der Waals surface area contributed by atoms with Crippen LogP contribution in [0.1, 0.15) is 29.1 Å². The van der Waals surface area contributed by atoms with E-state index in [1.807, 2.05) is 44.2 Å². The van der Waals surface area contributed by atoms with E-state index in [2.05, 4.69) is 16.4 Å². The molecule has 4 aromatic rings. The number of aryl methyl sites for hydroxylation is 1. The molecule has 9 heteroatoms. The molecule has 0 aliphatic carbocycles. The highest BCUT2D eigenvalue weighted by atomic mass is 16.5. The van der Waals surface area contributed by atoms with Crippen molar-refractivity contribution in [1.82, 2.24) is 14.1 Å². The van der Waals surface area contributed by atoms with Gasteiger partial charge in [-0.05, 0) is 43.7 Å². The van der Waals surface area contributed by atoms with Gasteiger partial charge in [0.05, 0.1) is 22.9 Å². The Morgan fingerprint density at radius 2 is 1.78 bits per heavy atom. The number of anilines is 1. The number of aromatic nitrogens is 3. The smallest absolute Gasteiger partial charge is 0.306 e. The summed E-state index contributed by atoms with van der Waals surface area (Å²) in [6.45, 7) is 3.18. The Morgan fingerprint density at radius 1 is 1.08 bits per heavy atom. The number of esters is 1. The minimum Gasteiger partial charge on any atom is -0.456 e. The summed E-state index contributed by atoms with van der Waals surface area (Å²) in [5.74, 6) is -0.384. The van der Waals surface area contributed by atoms with Crippen LogP contribution in [0.2, 0.25) is 0 Å². The molecule has 0 aliphatic rings. The highest BCUT2D eigenvalue weighted by Gasteiger charge is 2.21. The Balaban J connectivity index is 1.42. The number of carbonyl (C=O) groups excluding carboxylic acids is 2. The van der Waals surface area contributed by atoms with Gasteiger partial charge in [-0.3, -0.25) is 23.5 Å². The van der Waals surface area contributed by atoms with Crippen LogP contribution in [0.5, 0.6) is 0 Å². The molecule has 0 spiro atoms. The summed E-state index contributed by atoms with van der Waals surface area (Å²) < 4.78 is 8.36. The third-order valence-electron chi connectivity index (χ3n) is 6.09. The van der Waals surface area contributed by atoms with Crippen LogP contribution >= 0.6 is 0 Å². The van der Waals surface area contributed by atoms with Crippen molar-refractivity contribution in [1.29, 1.82) is 5.26 Å². The van der Waals surface area contributed by atoms with Gasteiger partial charge in [-0.2, -0.15) is 5.26 Å². The van der Waals surface area contributed by atoms with Gasteiger partial charge in [0, 0.05) is 24.8 Å². The SMILES string of the molecule is Cc1c(C#N)c(NC(=O)COC(=O)CCc2nc3ccccc3c(=O)n2C)n(-c2ccccc2)c1C. The Bertz CT molecular complexity index is 1560. The summed E-state index contributed by atoms with van der Waals surface area (Å²) >= 11 is 0. The summed E-state index contributed by atoms with van der Waals surface area (Å²) in [7, 11) is 1.61. The fraction of sp³-hybridized carbons (Fsp3) is 0.222. The average Bonchev–Trinajstić information content (AvgIpc) is 3.12. The monoisotopic (exact) mass is 483 g/mol. The molecule has 9 nitrogen and oxygen atoms in total. The fourth-order valence-corrected chi connectivity index (χ4v) is 4.05. The van der Waals surface area contributed by atoms with Crippen molar-refractivity contribution >= 4 is 28.6 Å². The van der Waals surface area contributed by atoms with Gasteiger partial charge in [0.1, 0.15) is 17.7 Å². The van der Waals surface area contributed by atoms with Crippen LogP contribution in [-0.2, 0) is 27.8 Å². The van der Waals surface area contributed by atoms with Crippen molar-refractivity contribution in [2.75, 3.05) is 11.9 Å². The van der Waals surface area contributed by atoms with E-state index < -0.39 is 18.5 Å². The molecule has 0 radical (unpaired) electrons. The van der Waals surface area contributed by atoms with Gasteiger partial charge in [0.2, 0.25) is 0 Å². The molecule has 0 bridgehead atoms. The molecule has 0 unspecified atom stereocenters. The molecular weight excluding hydrogens is 458 g/mol. The molecule has 4 rings (SSSR count). The normalized spacial score (nSPS) is 10.7. The van der Waals surface area contributed by atoms with Crippen LogP contribution < -0.4 is 10.9 Å². The van der Waals surface area contributed by atoms with Crippen LogP contribution in [-0.4, -0.2) is 32.6 Å². The number of para-hydroxylation sites is 2. The van der Waals surface area contributed by atoms with Crippen LogP contribution in [0.4, 0.5) is 5.82 Å². The number of ether oxygens (including phenoxy) is 1. The van der Waals surface area contributed by atoms with E-state index in [1.54, 1.807) is 35.9 Å². The third-order valence-corrected chi connectivity index (χ3v) is 6.09. The Labute approximate surface area is 207 Å². The number of hydrogen-bond donors (Lipinski definition) is 1. The number of nitrogens with one attached hydrogen (secondary N) is 1. The molecule has 0 saturated heterocycles. The zero-order valence-corrected chi connectivity index (χ0v) is 20.2. The summed E-state index contributed by atoms with van der Waals surface area (Å²) in [5, 5.41) is 12.9. The number of nitrogens with zero attached hydrogens (tertiary/aromatic N) is 4. The average molecular weight is 484 g/mol. The molecule has 1 amide bonds. The first-order valence-electron chi connectivity index (χ1n) is 11.4. The Hall–Kier alpha value is -4.71. The minimum absolute atomic E-state index is 0.0477. The standard InChI is InChI=1S/C27H25N5O4/c1-17-18(2)32(19-9-5-4-6-10-19)26(21(17)15-28)30-24(33)16-36-25(34)14-13-23-29-22-12-8-7-11-20(22)27(35)31(23)3/h4-12H,13-14,16H2,1-3H3,(H,30,33). The first-order valence-corrected chi connectivity index (χ1v) is 11.4. The molecule has 0 aliphatic heterocycles. The topological polar surface area (TPSA) is 119 Å². The number of benzene rings is 2. The number of carbonyl (C=O) groups is 2. The Morgan fingerprint density at radius 3 is 2.50 bits per heavy atom. The number of hydrogen-bond acceptors (Lipinski definition) is 6. The van der Waals surface area contributed by atoms with E-state index in [4.69, 9.17) is 4.74 Å². The highest BCUT2D eigenvalue weighted by Crippen LogP contribution is 2.29. The number of amides is 1. The van der Waals surface area contributed by atoms with Crippen molar-refractivity contribution in [3.05, 3.63) is 87.6 Å². The van der Waals surface area contributed by atoms with Crippen molar-refractivity contribution in [3.8, 4) is 11.8 Å². The van der Waals surface area contributed by atoms with E-state index in [0.29, 0.717) is 28.1 Å². The van der Waals surface area contributed by atoms with Crippen LogP contribution in [0, 0.1) is 25.2 Å². The van der Waals surface area contributed by atoms with Crippen molar-refractivity contribution in [2.24, 2.45) is 7.05 Å². The van der Waals surface area contributed by atoms with Gasteiger partial charge in [-0.15, -0.1) is 0 Å². The molecule has 0 atom stereocenters. The summed E-state index contributed by atoms with van der Waals surface area (Å²) in [6.07, 6.45) is 0.138. The van der Waals surface area contributed by atoms with Gasteiger partial charge in [-0.25, -0.2) is 4.98 Å². The van der Waals surface area contributed by atoms with E-state index in [9.17, 15) is 19.6 Å². The third kappa shape index (κ3) is 4.74. The second-order valence-electron chi connectivity index (χ2n) is 8.33. The maximum absolute atomic E-state index is 12.6. The molecule has 1 N–H and O–H groups in total. The second kappa shape index (κ2) is 10.3. The van der Waals surface area contributed by atoms with Gasteiger partial charge in [0.15, 0.2) is 6.61 Å². The number of nitriles is 1. The lowest BCUT2D eigenvalue weighted by atomic mass is 10.2. The first kappa shape index (κ1) is 24.4. The van der Waals surface area contributed by atoms with E-state index in [1.165, 1.54) is 4.57 Å². The molecule has 2 aromatic carbocycles. The van der Waals surface area contributed by atoms with Crippen molar-refractivity contribution < 1.29 is 14.3 Å². The van der Waals surface area contributed by atoms with E-state index in [0.717, 1.165) is 16.9 Å². The van der Waals surface area contributed by atoms with E-state index in [-0.39, 0.29) is 18.4 Å². The predicted molar refractivity (Wildman–Crippen MR) is 135 cm³/mol. The summed E-state index contributed by atoms with van der Waals surface area (Å²) in [4.78, 5) is 42.0. The largest absolute Gasteiger partial charge is 0.456 e. The molecule has 0 fully saturated rings. The minimum atomic E-state index is -0.598. The molecule has 182 valence electrons. The summed E-state index contributed by atoms with van der Waals surface area (Å²) in [5.41, 5.74) is 3.08. The van der Waals surface area contributed by atoms with Gasteiger partial charge >= 0.3 is 5.97 Å². The van der Waals surface area contributed by atoms with Crippen LogP contribution in [0.15, 0.2) is 59.4 Å². The van der Waals surface area contributed by atoms with Gasteiger partial charge in [-0.1, -0.05) is 30.3 Å². The fourth-order valence-electron chi connectivity index (χ4n) is 4.05. The first-order chi connectivity index (χ1) is 17.3. The molecule has 2 aromatic heterocycles. The summed E-state index contributed by atoms with van der Waals surface area (Å²) in [6, 6.07) is 18.5. The van der Waals surface area contributed by atoms with Crippen molar-refractivity contribution in [2.45, 2.75) is 26.7 Å².